The number of hydrogen-bond donors (Lipinski definition) is 0. The van der Waals surface area contributed by atoms with Crippen molar-refractivity contribution in [1.29, 1.82) is 0 Å². The highest BCUT2D eigenvalue weighted by Crippen LogP contribution is 2.42. The van der Waals surface area contributed by atoms with Crippen LogP contribution in [0.4, 0.5) is 0 Å². The Balaban J connectivity index is 2.03. The third kappa shape index (κ3) is 6.34. The average Bonchev–Trinajstić information content (AvgIpc) is 3.48. The van der Waals surface area contributed by atoms with Gasteiger partial charge in [0.15, 0.2) is 0 Å². The molecular weight excluding hydrogens is 459 g/mol. The zero-order valence-electron chi connectivity index (χ0n) is 23.8. The summed E-state index contributed by atoms with van der Waals surface area (Å²) in [5.74, 6) is 0. The Kier molecular flexibility index (Phi) is 9.54. The van der Waals surface area contributed by atoms with Crippen molar-refractivity contribution in [3.63, 3.8) is 0 Å². The van der Waals surface area contributed by atoms with E-state index < -0.39 is 0 Å². The molecule has 0 saturated heterocycles. The van der Waals surface area contributed by atoms with Crippen LogP contribution >= 0.6 is 22.7 Å². The lowest BCUT2D eigenvalue weighted by atomic mass is 9.28. The summed E-state index contributed by atoms with van der Waals surface area (Å²) in [6, 6.07) is 14.4. The molecule has 3 aromatic rings. The fourth-order valence-corrected chi connectivity index (χ4v) is 8.49. The van der Waals surface area contributed by atoms with Crippen molar-refractivity contribution >= 4 is 39.6 Å². The maximum atomic E-state index is 2.50. The van der Waals surface area contributed by atoms with Gasteiger partial charge in [-0.15, -0.1) is 22.7 Å². The van der Waals surface area contributed by atoms with Crippen LogP contribution in [0.2, 0.25) is 5.31 Å². The molecule has 3 heteroatoms. The molecule has 0 aliphatic carbocycles. The summed E-state index contributed by atoms with van der Waals surface area (Å²) < 4.78 is 1.52. The monoisotopic (exact) mass is 506 g/mol. The van der Waals surface area contributed by atoms with Gasteiger partial charge in [0, 0.05) is 20.0 Å². The SMILES string of the molecule is CCCCC(C)(C)B(c1ccc(-c2ccc(C(C)(CC)CCCC)s2)s1)c1c(C)cc(C)cc1C. The minimum atomic E-state index is 0.213. The average molecular weight is 507 g/mol. The van der Waals surface area contributed by atoms with E-state index in [2.05, 4.69) is 98.7 Å². The smallest absolute Gasteiger partial charge is 0.149 e. The van der Waals surface area contributed by atoms with E-state index in [0.717, 1.165) is 0 Å². The molecule has 1 aromatic carbocycles. The van der Waals surface area contributed by atoms with Crippen molar-refractivity contribution < 1.29 is 0 Å². The second-order valence-electron chi connectivity index (χ2n) is 11.7. The van der Waals surface area contributed by atoms with Crippen LogP contribution in [0.5, 0.6) is 0 Å². The molecule has 3 rings (SSSR count). The fraction of sp³-hybridized carbons (Fsp3) is 0.562. The van der Waals surface area contributed by atoms with Crippen LogP contribution in [-0.4, -0.2) is 6.71 Å². The molecule has 0 spiro atoms. The van der Waals surface area contributed by atoms with E-state index in [0.29, 0.717) is 12.1 Å². The Hall–Kier alpha value is -1.32. The van der Waals surface area contributed by atoms with Crippen LogP contribution in [0, 0.1) is 20.8 Å². The van der Waals surface area contributed by atoms with Crippen LogP contribution in [0.1, 0.15) is 108 Å². The number of hydrogen-bond acceptors (Lipinski definition) is 2. The van der Waals surface area contributed by atoms with Gasteiger partial charge < -0.3 is 0 Å². The molecule has 0 N–H and O–H groups in total. The molecule has 35 heavy (non-hydrogen) atoms. The number of rotatable bonds is 12. The van der Waals surface area contributed by atoms with Crippen LogP contribution < -0.4 is 10.2 Å². The second kappa shape index (κ2) is 11.8. The Morgan fingerprint density at radius 1 is 0.743 bits per heavy atom. The van der Waals surface area contributed by atoms with Crippen molar-refractivity contribution in [3.05, 3.63) is 58.0 Å². The van der Waals surface area contributed by atoms with Gasteiger partial charge in [0.1, 0.15) is 0 Å². The van der Waals surface area contributed by atoms with Gasteiger partial charge in [0.2, 0.25) is 6.71 Å². The van der Waals surface area contributed by atoms with Gasteiger partial charge in [-0.25, -0.2) is 0 Å². The lowest BCUT2D eigenvalue weighted by Gasteiger charge is -2.34. The number of unbranched alkanes of at least 4 members (excludes halogenated alkanes) is 2. The minimum Gasteiger partial charge on any atom is -0.149 e. The highest BCUT2D eigenvalue weighted by atomic mass is 32.1. The summed E-state index contributed by atoms with van der Waals surface area (Å²) in [5.41, 5.74) is 6.11. The lowest BCUT2D eigenvalue weighted by molar-refractivity contribution is 0.411. The first-order chi connectivity index (χ1) is 16.6. The topological polar surface area (TPSA) is 0 Å². The van der Waals surface area contributed by atoms with E-state index in [-0.39, 0.29) is 5.31 Å². The first-order valence-corrected chi connectivity index (χ1v) is 15.5. The molecule has 0 bridgehead atoms. The minimum absolute atomic E-state index is 0.213. The largest absolute Gasteiger partial charge is 0.228 e. The molecule has 0 amide bonds. The Labute approximate surface area is 224 Å². The standard InChI is InChI=1S/C32H47BS2/c1-10-13-19-31(7,8)33(30-24(5)21-23(4)22-25(30)6)29-18-16-27(35-29)26-15-17-28(34-26)32(9,12-3)20-14-11-2/h15-18,21-22H,10-14,19-20H2,1-9H3. The van der Waals surface area contributed by atoms with Crippen molar-refractivity contribution in [2.45, 2.75) is 118 Å². The van der Waals surface area contributed by atoms with Crippen molar-refractivity contribution in [1.82, 2.24) is 0 Å². The molecule has 0 nitrogen and oxygen atoms in total. The number of aryl methyl sites for hydroxylation is 3. The quantitative estimate of drug-likeness (QED) is 0.214. The van der Waals surface area contributed by atoms with Gasteiger partial charge >= 0.3 is 0 Å². The molecule has 0 aliphatic heterocycles. The molecule has 0 fully saturated rings. The molecule has 190 valence electrons. The van der Waals surface area contributed by atoms with Gasteiger partial charge in [0.05, 0.1) is 0 Å². The molecule has 0 saturated carbocycles. The summed E-state index contributed by atoms with van der Waals surface area (Å²) in [6.45, 7) is 21.7. The third-order valence-electron chi connectivity index (χ3n) is 8.20. The van der Waals surface area contributed by atoms with E-state index in [1.54, 1.807) is 10.3 Å². The Bertz CT molecular complexity index is 1080. The first kappa shape index (κ1) is 28.3. The van der Waals surface area contributed by atoms with E-state index in [1.807, 2.05) is 22.7 Å². The van der Waals surface area contributed by atoms with Crippen LogP contribution in [0.3, 0.4) is 0 Å². The molecule has 2 aromatic heterocycles. The van der Waals surface area contributed by atoms with Gasteiger partial charge in [-0.3, -0.25) is 0 Å². The fourth-order valence-electron chi connectivity index (χ4n) is 5.82. The van der Waals surface area contributed by atoms with Gasteiger partial charge in [-0.1, -0.05) is 114 Å². The normalized spacial score (nSPS) is 13.7. The van der Waals surface area contributed by atoms with Crippen molar-refractivity contribution in [2.75, 3.05) is 0 Å². The number of benzene rings is 1. The van der Waals surface area contributed by atoms with E-state index in [4.69, 9.17) is 0 Å². The van der Waals surface area contributed by atoms with Gasteiger partial charge in [-0.05, 0) is 61.9 Å². The summed E-state index contributed by atoms with van der Waals surface area (Å²) in [4.78, 5) is 4.43. The predicted molar refractivity (Wildman–Crippen MR) is 164 cm³/mol. The third-order valence-corrected chi connectivity index (χ3v) is 10.9. The van der Waals surface area contributed by atoms with Crippen LogP contribution in [0.15, 0.2) is 36.4 Å². The zero-order chi connectivity index (χ0) is 25.8. The molecule has 1 unspecified atom stereocenters. The highest BCUT2D eigenvalue weighted by Gasteiger charge is 2.38. The number of thiophene rings is 2. The van der Waals surface area contributed by atoms with E-state index >= 15 is 0 Å². The summed E-state index contributed by atoms with van der Waals surface area (Å²) in [6.07, 6.45) is 8.87. The lowest BCUT2D eigenvalue weighted by Crippen LogP contribution is -2.51. The van der Waals surface area contributed by atoms with Crippen molar-refractivity contribution in [2.24, 2.45) is 0 Å². The molecular formula is C32H47BS2. The summed E-state index contributed by atoms with van der Waals surface area (Å²) in [7, 11) is 0. The summed E-state index contributed by atoms with van der Waals surface area (Å²) in [5, 5.41) is 0.213. The van der Waals surface area contributed by atoms with Crippen LogP contribution in [0.25, 0.3) is 9.75 Å². The Morgan fingerprint density at radius 2 is 1.31 bits per heavy atom. The van der Waals surface area contributed by atoms with Gasteiger partial charge in [-0.2, -0.15) is 0 Å². The summed E-state index contributed by atoms with van der Waals surface area (Å²) >= 11 is 4.06. The Morgan fingerprint density at radius 3 is 1.91 bits per heavy atom. The second-order valence-corrected chi connectivity index (χ2v) is 13.9. The first-order valence-electron chi connectivity index (χ1n) is 13.8. The zero-order valence-corrected chi connectivity index (χ0v) is 25.4. The van der Waals surface area contributed by atoms with E-state index in [1.165, 1.54) is 76.2 Å². The molecule has 1 atom stereocenters. The van der Waals surface area contributed by atoms with Crippen molar-refractivity contribution in [3.8, 4) is 9.75 Å². The predicted octanol–water partition coefficient (Wildman–Crippen LogP) is 9.84. The molecule has 0 aliphatic rings. The van der Waals surface area contributed by atoms with E-state index in [9.17, 15) is 0 Å². The van der Waals surface area contributed by atoms with Crippen LogP contribution in [-0.2, 0) is 5.41 Å². The highest BCUT2D eigenvalue weighted by molar-refractivity contribution is 7.30. The maximum Gasteiger partial charge on any atom is 0.228 e. The molecule has 2 heterocycles. The maximum absolute atomic E-state index is 2.50. The molecule has 0 radical (unpaired) electrons. The van der Waals surface area contributed by atoms with Gasteiger partial charge in [0.25, 0.3) is 0 Å².